The summed E-state index contributed by atoms with van der Waals surface area (Å²) < 4.78 is 16.3. The first-order valence-electron chi connectivity index (χ1n) is 9.80. The van der Waals surface area contributed by atoms with Crippen LogP contribution in [0.25, 0.3) is 11.0 Å². The number of carboxylic acid groups (broad SMARTS) is 1. The highest BCUT2D eigenvalue weighted by atomic mass is 16.5. The van der Waals surface area contributed by atoms with Crippen LogP contribution in [0.5, 0.6) is 17.2 Å². The molecule has 7 heteroatoms. The van der Waals surface area contributed by atoms with Gasteiger partial charge in [-0.3, -0.25) is 4.79 Å². The molecule has 2 N–H and O–H groups in total. The lowest BCUT2D eigenvalue weighted by molar-refractivity contribution is -0.137. The van der Waals surface area contributed by atoms with Crippen molar-refractivity contribution in [2.24, 2.45) is 0 Å². The van der Waals surface area contributed by atoms with Gasteiger partial charge in [0.05, 0.1) is 18.6 Å². The third kappa shape index (κ3) is 6.48. The Kier molecular flexibility index (Phi) is 8.65. The summed E-state index contributed by atoms with van der Waals surface area (Å²) in [4.78, 5) is 22.6. The van der Waals surface area contributed by atoms with Crippen LogP contribution in [0.1, 0.15) is 58.3 Å². The first-order chi connectivity index (χ1) is 13.5. The third-order valence-electron chi connectivity index (χ3n) is 4.36. The minimum atomic E-state index is -0.797. The van der Waals surface area contributed by atoms with E-state index in [4.69, 9.17) is 19.0 Å². The van der Waals surface area contributed by atoms with Gasteiger partial charge in [-0.1, -0.05) is 26.2 Å². The van der Waals surface area contributed by atoms with E-state index in [9.17, 15) is 14.7 Å². The van der Waals surface area contributed by atoms with Gasteiger partial charge in [0.25, 0.3) is 0 Å². The second-order valence-corrected chi connectivity index (χ2v) is 6.69. The number of aliphatic carboxylic acids is 1. The Morgan fingerprint density at radius 1 is 1.04 bits per heavy atom. The van der Waals surface area contributed by atoms with Gasteiger partial charge in [-0.15, -0.1) is 0 Å². The molecule has 28 heavy (non-hydrogen) atoms. The quantitative estimate of drug-likeness (QED) is 0.382. The summed E-state index contributed by atoms with van der Waals surface area (Å²) in [5, 5.41) is 19.4. The lowest BCUT2D eigenvalue weighted by Crippen LogP contribution is -2.08. The van der Waals surface area contributed by atoms with E-state index in [0.717, 1.165) is 38.5 Å². The highest BCUT2D eigenvalue weighted by Gasteiger charge is 2.16. The van der Waals surface area contributed by atoms with Crippen LogP contribution in [0.2, 0.25) is 0 Å². The molecule has 0 saturated carbocycles. The van der Waals surface area contributed by atoms with Gasteiger partial charge in [-0.2, -0.15) is 0 Å². The molecule has 0 spiro atoms. The van der Waals surface area contributed by atoms with Crippen LogP contribution in [0.3, 0.4) is 0 Å². The molecule has 2 aromatic rings. The number of unbranched alkanes of at least 4 members (excludes halogenated alkanes) is 5. The molecule has 154 valence electrons. The molecule has 0 saturated heterocycles. The second kappa shape index (κ2) is 11.2. The highest BCUT2D eigenvalue weighted by Crippen LogP contribution is 2.33. The maximum absolute atomic E-state index is 12.1. The monoisotopic (exact) mass is 392 g/mol. The first-order valence-corrected chi connectivity index (χ1v) is 9.80. The Balaban J connectivity index is 1.95. The van der Waals surface area contributed by atoms with Crippen molar-refractivity contribution in [3.05, 3.63) is 28.6 Å². The second-order valence-electron chi connectivity index (χ2n) is 6.69. The zero-order valence-electron chi connectivity index (χ0n) is 16.2. The lowest BCUT2D eigenvalue weighted by atomic mass is 10.2. The predicted octanol–water partition coefficient (Wildman–Crippen LogP) is 4.48. The van der Waals surface area contributed by atoms with Crippen molar-refractivity contribution >= 4 is 16.9 Å². The van der Waals surface area contributed by atoms with Crippen LogP contribution >= 0.6 is 0 Å². The van der Waals surface area contributed by atoms with Crippen molar-refractivity contribution in [1.29, 1.82) is 0 Å². The summed E-state index contributed by atoms with van der Waals surface area (Å²) in [7, 11) is 0. The maximum atomic E-state index is 12.1. The molecule has 0 bridgehead atoms. The van der Waals surface area contributed by atoms with Crippen LogP contribution in [-0.2, 0) is 4.79 Å². The van der Waals surface area contributed by atoms with E-state index in [1.807, 2.05) is 0 Å². The van der Waals surface area contributed by atoms with Gasteiger partial charge in [0.1, 0.15) is 11.3 Å². The van der Waals surface area contributed by atoms with Gasteiger partial charge in [0, 0.05) is 12.5 Å². The van der Waals surface area contributed by atoms with E-state index in [1.165, 1.54) is 0 Å². The van der Waals surface area contributed by atoms with Gasteiger partial charge < -0.3 is 24.1 Å². The maximum Gasteiger partial charge on any atom is 0.383 e. The normalized spacial score (nSPS) is 10.9. The number of hydrogen-bond donors (Lipinski definition) is 2. The minimum Gasteiger partial charge on any atom is -0.504 e. The van der Waals surface area contributed by atoms with Gasteiger partial charge in [-0.05, 0) is 37.8 Å². The van der Waals surface area contributed by atoms with Crippen molar-refractivity contribution in [3.63, 3.8) is 0 Å². The largest absolute Gasteiger partial charge is 0.504 e. The van der Waals surface area contributed by atoms with E-state index in [-0.39, 0.29) is 23.5 Å². The summed E-state index contributed by atoms with van der Waals surface area (Å²) in [6, 6.07) is 4.86. The summed E-state index contributed by atoms with van der Waals surface area (Å²) in [5.74, 6) is -0.658. The number of rotatable bonds is 13. The molecule has 1 heterocycles. The molecule has 1 aromatic heterocycles. The first kappa shape index (κ1) is 21.6. The summed E-state index contributed by atoms with van der Waals surface area (Å²) >= 11 is 0. The van der Waals surface area contributed by atoms with Gasteiger partial charge >= 0.3 is 11.6 Å². The van der Waals surface area contributed by atoms with Crippen molar-refractivity contribution in [2.45, 2.75) is 58.3 Å². The van der Waals surface area contributed by atoms with E-state index in [2.05, 4.69) is 6.92 Å². The van der Waals surface area contributed by atoms with E-state index >= 15 is 0 Å². The molecule has 0 aliphatic carbocycles. The lowest BCUT2D eigenvalue weighted by Gasteiger charge is -2.10. The molecule has 0 unspecified atom stereocenters. The molecule has 0 atom stereocenters. The highest BCUT2D eigenvalue weighted by molar-refractivity contribution is 5.86. The molecule has 0 aliphatic heterocycles. The van der Waals surface area contributed by atoms with Crippen LogP contribution < -0.4 is 15.1 Å². The Morgan fingerprint density at radius 2 is 1.75 bits per heavy atom. The van der Waals surface area contributed by atoms with Crippen molar-refractivity contribution in [1.82, 2.24) is 0 Å². The smallest absolute Gasteiger partial charge is 0.383 e. The number of fused-ring (bicyclic) bond motifs is 1. The Bertz CT molecular complexity index is 825. The van der Waals surface area contributed by atoms with E-state index in [0.29, 0.717) is 30.8 Å². The zero-order chi connectivity index (χ0) is 20.4. The fraction of sp³-hybridized carbons (Fsp3) is 0.524. The molecular formula is C21H28O7. The standard InChI is InChI=1S/C21H28O7/c1-2-3-4-7-13-27-20-19(24)16-11-10-15(14-17(16)28-21(20)25)26-12-8-5-6-9-18(22)23/h10-11,14,24H,2-9,12-13H2,1H3,(H,22,23). The minimum absolute atomic E-state index is 0.156. The van der Waals surface area contributed by atoms with Gasteiger partial charge in [0.2, 0.25) is 5.75 Å². The van der Waals surface area contributed by atoms with Crippen LogP contribution in [0, 0.1) is 0 Å². The molecule has 2 rings (SSSR count). The van der Waals surface area contributed by atoms with Crippen molar-refractivity contribution < 1.29 is 28.9 Å². The van der Waals surface area contributed by atoms with E-state index < -0.39 is 11.6 Å². The molecule has 0 amide bonds. The predicted molar refractivity (Wildman–Crippen MR) is 105 cm³/mol. The van der Waals surface area contributed by atoms with Crippen LogP contribution in [0.15, 0.2) is 27.4 Å². The Labute approximate surface area is 163 Å². The number of benzene rings is 1. The zero-order valence-corrected chi connectivity index (χ0v) is 16.2. The molecular weight excluding hydrogens is 364 g/mol. The van der Waals surface area contributed by atoms with E-state index in [1.54, 1.807) is 18.2 Å². The number of carbonyl (C=O) groups is 1. The molecule has 0 radical (unpaired) electrons. The fourth-order valence-corrected chi connectivity index (χ4v) is 2.81. The number of carboxylic acids is 1. The molecule has 0 aliphatic rings. The van der Waals surface area contributed by atoms with Crippen molar-refractivity contribution in [3.8, 4) is 17.2 Å². The average Bonchev–Trinajstić information content (AvgIpc) is 2.66. The van der Waals surface area contributed by atoms with Crippen molar-refractivity contribution in [2.75, 3.05) is 13.2 Å². The molecule has 7 nitrogen and oxygen atoms in total. The fourth-order valence-electron chi connectivity index (χ4n) is 2.81. The Hall–Kier alpha value is -2.70. The summed E-state index contributed by atoms with van der Waals surface area (Å²) in [5.41, 5.74) is -0.490. The Morgan fingerprint density at radius 3 is 2.46 bits per heavy atom. The number of aromatic hydroxyl groups is 1. The summed E-state index contributed by atoms with van der Waals surface area (Å²) in [6.07, 6.45) is 6.28. The summed E-state index contributed by atoms with van der Waals surface area (Å²) in [6.45, 7) is 2.90. The third-order valence-corrected chi connectivity index (χ3v) is 4.36. The SMILES string of the molecule is CCCCCCOc1c(O)c2ccc(OCCCCCC(=O)O)cc2oc1=O. The molecule has 0 fully saturated rings. The number of hydrogen-bond acceptors (Lipinski definition) is 6. The van der Waals surface area contributed by atoms with Gasteiger partial charge in [-0.25, -0.2) is 4.79 Å². The number of ether oxygens (including phenoxy) is 2. The van der Waals surface area contributed by atoms with Crippen LogP contribution in [0.4, 0.5) is 0 Å². The average molecular weight is 392 g/mol. The molecule has 1 aromatic carbocycles. The van der Waals surface area contributed by atoms with Crippen LogP contribution in [-0.4, -0.2) is 29.4 Å². The van der Waals surface area contributed by atoms with Gasteiger partial charge in [0.15, 0.2) is 5.75 Å². The topological polar surface area (TPSA) is 106 Å².